The number of hydrogen-bond acceptors (Lipinski definition) is 6. The summed E-state index contributed by atoms with van der Waals surface area (Å²) >= 11 is 1.63. The summed E-state index contributed by atoms with van der Waals surface area (Å²) in [5.41, 5.74) is 3.44. The van der Waals surface area contributed by atoms with E-state index >= 15 is 0 Å². The molecule has 2 amide bonds. The van der Waals surface area contributed by atoms with Crippen LogP contribution in [0.5, 0.6) is 0 Å². The smallest absolute Gasteiger partial charge is 0.321 e. The van der Waals surface area contributed by atoms with Gasteiger partial charge in [0.1, 0.15) is 0 Å². The van der Waals surface area contributed by atoms with Crippen LogP contribution in [0.4, 0.5) is 10.7 Å². The van der Waals surface area contributed by atoms with Gasteiger partial charge < -0.3 is 5.32 Å². The fraction of sp³-hybridized carbons (Fsp3) is 0.250. The fourth-order valence-corrected chi connectivity index (χ4v) is 3.81. The molecule has 0 saturated carbocycles. The number of nitrogens with one attached hydrogen (secondary N) is 2. The number of pyridine rings is 2. The Morgan fingerprint density at radius 2 is 2.10 bits per heavy atom. The molecule has 4 heterocycles. The maximum absolute atomic E-state index is 11.9. The van der Waals surface area contributed by atoms with Crippen molar-refractivity contribution in [1.29, 1.82) is 0 Å². The Morgan fingerprint density at radius 3 is 2.79 bits per heavy atom. The number of urea groups is 1. The average molecular weight is 408 g/mol. The van der Waals surface area contributed by atoms with Gasteiger partial charge in [0.2, 0.25) is 0 Å². The lowest BCUT2D eigenvalue weighted by Crippen LogP contribution is -2.28. The molecule has 0 spiro atoms. The molecule has 2 N–H and O–H groups in total. The van der Waals surface area contributed by atoms with Crippen LogP contribution >= 0.6 is 11.3 Å². The van der Waals surface area contributed by atoms with Crippen LogP contribution < -0.4 is 10.6 Å². The minimum absolute atomic E-state index is 0.245. The van der Waals surface area contributed by atoms with Gasteiger partial charge in [-0.3, -0.25) is 10.3 Å². The standard InChI is InChI=1S/C20H21N7OS/c1-4-22-20(28)25-19-24-17-9-14(13-6-5-7-21-10-13)8-15(27(17)26-19)16-11-23-18(29-16)12(2)3/h5-12H,4H2,1-3H3,(H2,22,25,26,28). The number of carbonyl (C=O) groups is 1. The first-order chi connectivity index (χ1) is 14.0. The Balaban J connectivity index is 1.85. The third kappa shape index (κ3) is 3.95. The minimum Gasteiger partial charge on any atom is -0.338 e. The largest absolute Gasteiger partial charge is 0.338 e. The molecule has 148 valence electrons. The quantitative estimate of drug-likeness (QED) is 0.517. The molecular formula is C20H21N7OS. The summed E-state index contributed by atoms with van der Waals surface area (Å²) in [4.78, 5) is 26.1. The maximum Gasteiger partial charge on any atom is 0.321 e. The van der Waals surface area contributed by atoms with Gasteiger partial charge in [-0.2, -0.15) is 4.98 Å². The summed E-state index contributed by atoms with van der Waals surface area (Å²) in [6.45, 7) is 6.61. The van der Waals surface area contributed by atoms with E-state index in [9.17, 15) is 4.79 Å². The summed E-state index contributed by atoms with van der Waals surface area (Å²) < 4.78 is 1.74. The van der Waals surface area contributed by atoms with Crippen molar-refractivity contribution in [2.45, 2.75) is 26.7 Å². The molecule has 8 nitrogen and oxygen atoms in total. The highest BCUT2D eigenvalue weighted by Crippen LogP contribution is 2.33. The van der Waals surface area contributed by atoms with Crippen LogP contribution in [0.1, 0.15) is 31.7 Å². The third-order valence-corrected chi connectivity index (χ3v) is 5.59. The average Bonchev–Trinajstić information content (AvgIpc) is 3.35. The molecule has 0 aliphatic rings. The number of hydrogen-bond donors (Lipinski definition) is 2. The normalized spacial score (nSPS) is 11.2. The topological polar surface area (TPSA) is 97.1 Å². The molecule has 0 saturated heterocycles. The fourth-order valence-electron chi connectivity index (χ4n) is 2.89. The number of rotatable bonds is 5. The van der Waals surface area contributed by atoms with E-state index in [0.29, 0.717) is 18.1 Å². The molecule has 29 heavy (non-hydrogen) atoms. The Hall–Kier alpha value is -3.33. The Bertz CT molecular complexity index is 1150. The number of aromatic nitrogens is 5. The number of amides is 2. The van der Waals surface area contributed by atoms with Gasteiger partial charge in [0.25, 0.3) is 5.95 Å². The van der Waals surface area contributed by atoms with Crippen LogP contribution in [0.3, 0.4) is 0 Å². The van der Waals surface area contributed by atoms with Crippen molar-refractivity contribution in [2.75, 3.05) is 11.9 Å². The molecule has 0 aromatic carbocycles. The predicted octanol–water partition coefficient (Wildman–Crippen LogP) is 4.18. The lowest BCUT2D eigenvalue weighted by atomic mass is 10.1. The van der Waals surface area contributed by atoms with Crippen LogP contribution in [0.15, 0.2) is 42.9 Å². The number of anilines is 1. The van der Waals surface area contributed by atoms with Crippen molar-refractivity contribution in [2.24, 2.45) is 0 Å². The Labute approximate surface area is 172 Å². The number of nitrogens with zero attached hydrogens (tertiary/aromatic N) is 5. The van der Waals surface area contributed by atoms with E-state index in [0.717, 1.165) is 26.7 Å². The zero-order valence-corrected chi connectivity index (χ0v) is 17.2. The van der Waals surface area contributed by atoms with Gasteiger partial charge >= 0.3 is 6.03 Å². The molecule has 0 bridgehead atoms. The van der Waals surface area contributed by atoms with Gasteiger partial charge in [-0.25, -0.2) is 14.3 Å². The Kier molecular flexibility index (Phi) is 5.22. The molecule has 0 radical (unpaired) electrons. The molecule has 0 atom stereocenters. The van der Waals surface area contributed by atoms with Crippen molar-refractivity contribution in [3.8, 4) is 21.7 Å². The first-order valence-corrected chi connectivity index (χ1v) is 10.2. The van der Waals surface area contributed by atoms with E-state index < -0.39 is 0 Å². The van der Waals surface area contributed by atoms with Gasteiger partial charge in [-0.15, -0.1) is 16.4 Å². The van der Waals surface area contributed by atoms with Crippen LogP contribution in [0, 0.1) is 0 Å². The molecule has 4 rings (SSSR count). The molecule has 0 aliphatic heterocycles. The van der Waals surface area contributed by atoms with Crippen LogP contribution in [0.25, 0.3) is 27.3 Å². The number of carbonyl (C=O) groups excluding carboxylic acids is 1. The summed E-state index contributed by atoms with van der Waals surface area (Å²) in [5.74, 6) is 0.589. The molecular weight excluding hydrogens is 386 g/mol. The van der Waals surface area contributed by atoms with Crippen LogP contribution in [-0.2, 0) is 0 Å². The molecule has 0 fully saturated rings. The summed E-state index contributed by atoms with van der Waals surface area (Å²) in [7, 11) is 0. The highest BCUT2D eigenvalue weighted by Gasteiger charge is 2.16. The number of fused-ring (bicyclic) bond motifs is 1. The highest BCUT2D eigenvalue weighted by molar-refractivity contribution is 7.15. The van der Waals surface area contributed by atoms with E-state index in [4.69, 9.17) is 0 Å². The second kappa shape index (κ2) is 7.96. The summed E-state index contributed by atoms with van der Waals surface area (Å²) in [6, 6.07) is 7.54. The van der Waals surface area contributed by atoms with Gasteiger partial charge in [0, 0.05) is 36.6 Å². The monoisotopic (exact) mass is 407 g/mol. The second-order valence-electron chi connectivity index (χ2n) is 6.78. The van der Waals surface area contributed by atoms with E-state index in [1.165, 1.54) is 0 Å². The van der Waals surface area contributed by atoms with Gasteiger partial charge in [-0.05, 0) is 30.7 Å². The van der Waals surface area contributed by atoms with Crippen LogP contribution in [0.2, 0.25) is 0 Å². The van der Waals surface area contributed by atoms with Crippen molar-refractivity contribution in [1.82, 2.24) is 29.9 Å². The van der Waals surface area contributed by atoms with E-state index in [2.05, 4.69) is 44.5 Å². The van der Waals surface area contributed by atoms with Gasteiger partial charge in [-0.1, -0.05) is 19.9 Å². The van der Waals surface area contributed by atoms with E-state index in [1.807, 2.05) is 43.6 Å². The van der Waals surface area contributed by atoms with Crippen LogP contribution in [-0.4, -0.2) is 37.1 Å². The SMILES string of the molecule is CCNC(=O)Nc1nc2cc(-c3cccnc3)cc(-c3cnc(C(C)C)s3)n2n1. The van der Waals surface area contributed by atoms with Crippen molar-refractivity contribution >= 4 is 29.0 Å². The third-order valence-electron chi connectivity index (χ3n) is 4.26. The van der Waals surface area contributed by atoms with Gasteiger partial charge in [0.05, 0.1) is 15.6 Å². The predicted molar refractivity (Wildman–Crippen MR) is 114 cm³/mol. The first kappa shape index (κ1) is 19.0. The van der Waals surface area contributed by atoms with Gasteiger partial charge in [0.15, 0.2) is 5.65 Å². The molecule has 4 aromatic heterocycles. The van der Waals surface area contributed by atoms with E-state index in [1.54, 1.807) is 22.0 Å². The molecule has 4 aromatic rings. The zero-order chi connectivity index (χ0) is 20.4. The summed E-state index contributed by atoms with van der Waals surface area (Å²) in [5, 5.41) is 10.9. The lowest BCUT2D eigenvalue weighted by Gasteiger charge is -2.06. The van der Waals surface area contributed by atoms with E-state index in [-0.39, 0.29) is 12.0 Å². The van der Waals surface area contributed by atoms with Crippen molar-refractivity contribution in [3.05, 3.63) is 47.9 Å². The Morgan fingerprint density at radius 1 is 1.24 bits per heavy atom. The molecule has 0 aliphatic carbocycles. The zero-order valence-electron chi connectivity index (χ0n) is 16.4. The summed E-state index contributed by atoms with van der Waals surface area (Å²) in [6.07, 6.45) is 5.42. The minimum atomic E-state index is -0.336. The lowest BCUT2D eigenvalue weighted by molar-refractivity contribution is 0.252. The second-order valence-corrected chi connectivity index (χ2v) is 7.84. The number of thiazole rings is 1. The highest BCUT2D eigenvalue weighted by atomic mass is 32.1. The van der Waals surface area contributed by atoms with Crippen molar-refractivity contribution < 1.29 is 4.79 Å². The maximum atomic E-state index is 11.9. The first-order valence-electron chi connectivity index (χ1n) is 9.37. The van der Waals surface area contributed by atoms with Crippen molar-refractivity contribution in [3.63, 3.8) is 0 Å². The molecule has 9 heteroatoms. The molecule has 0 unspecified atom stereocenters.